The summed E-state index contributed by atoms with van der Waals surface area (Å²) in [4.78, 5) is 4.94. The van der Waals surface area contributed by atoms with Crippen molar-refractivity contribution in [3.63, 3.8) is 0 Å². The highest BCUT2D eigenvalue weighted by atomic mass is 35.5. The number of nitrogens with zero attached hydrogens (tertiary/aromatic N) is 2. The standard InChI is InChI=1S/C18H24ClN3/c1-12(2)18-21-16-5-3-4-14(10-20)17(16)22(18)11-13-6-8-15(19)9-7-13/h6-9,12,14H,3-5,10-11,20H2,1-2H3. The van der Waals surface area contributed by atoms with Gasteiger partial charge in [-0.25, -0.2) is 4.98 Å². The highest BCUT2D eigenvalue weighted by Crippen LogP contribution is 2.34. The second-order valence-electron chi connectivity index (χ2n) is 6.49. The Morgan fingerprint density at radius 3 is 2.68 bits per heavy atom. The number of hydrogen-bond donors (Lipinski definition) is 1. The average molecular weight is 318 g/mol. The van der Waals surface area contributed by atoms with Gasteiger partial charge in [-0.2, -0.15) is 0 Å². The van der Waals surface area contributed by atoms with Gasteiger partial charge in [-0.05, 0) is 37.0 Å². The largest absolute Gasteiger partial charge is 0.330 e. The first kappa shape index (κ1) is 15.6. The van der Waals surface area contributed by atoms with Crippen LogP contribution in [0, 0.1) is 0 Å². The molecule has 3 rings (SSSR count). The molecular weight excluding hydrogens is 294 g/mol. The van der Waals surface area contributed by atoms with E-state index in [9.17, 15) is 0 Å². The zero-order valence-corrected chi connectivity index (χ0v) is 14.1. The van der Waals surface area contributed by atoms with E-state index in [1.54, 1.807) is 0 Å². The number of imidazole rings is 1. The summed E-state index contributed by atoms with van der Waals surface area (Å²) < 4.78 is 2.40. The average Bonchev–Trinajstić information content (AvgIpc) is 2.88. The maximum Gasteiger partial charge on any atom is 0.112 e. The monoisotopic (exact) mass is 317 g/mol. The highest BCUT2D eigenvalue weighted by Gasteiger charge is 2.27. The lowest BCUT2D eigenvalue weighted by Gasteiger charge is -2.24. The summed E-state index contributed by atoms with van der Waals surface area (Å²) >= 11 is 6.00. The molecule has 2 N–H and O–H groups in total. The van der Waals surface area contributed by atoms with Gasteiger partial charge in [0.05, 0.1) is 5.69 Å². The van der Waals surface area contributed by atoms with E-state index < -0.39 is 0 Å². The van der Waals surface area contributed by atoms with E-state index >= 15 is 0 Å². The molecule has 0 bridgehead atoms. The molecule has 1 unspecified atom stereocenters. The van der Waals surface area contributed by atoms with Crippen LogP contribution in [0.3, 0.4) is 0 Å². The molecule has 22 heavy (non-hydrogen) atoms. The number of nitrogens with two attached hydrogens (primary N) is 1. The number of halogens is 1. The Morgan fingerprint density at radius 2 is 2.05 bits per heavy atom. The Bertz CT molecular complexity index is 643. The second-order valence-corrected chi connectivity index (χ2v) is 6.93. The van der Waals surface area contributed by atoms with Crippen LogP contribution >= 0.6 is 11.6 Å². The molecule has 0 aliphatic heterocycles. The van der Waals surface area contributed by atoms with E-state index in [2.05, 4.69) is 30.5 Å². The summed E-state index contributed by atoms with van der Waals surface area (Å²) in [7, 11) is 0. The van der Waals surface area contributed by atoms with Gasteiger partial charge in [-0.15, -0.1) is 0 Å². The van der Waals surface area contributed by atoms with E-state index in [0.29, 0.717) is 18.4 Å². The maximum atomic E-state index is 6.03. The number of aryl methyl sites for hydroxylation is 1. The van der Waals surface area contributed by atoms with Gasteiger partial charge in [0, 0.05) is 35.6 Å². The number of fused-ring (bicyclic) bond motifs is 1. The van der Waals surface area contributed by atoms with Gasteiger partial charge in [0.25, 0.3) is 0 Å². The maximum absolute atomic E-state index is 6.03. The Morgan fingerprint density at radius 1 is 1.32 bits per heavy atom. The zero-order valence-electron chi connectivity index (χ0n) is 13.3. The number of rotatable bonds is 4. The van der Waals surface area contributed by atoms with Crippen molar-refractivity contribution in [1.82, 2.24) is 9.55 Å². The Kier molecular flexibility index (Phi) is 4.55. The fourth-order valence-electron chi connectivity index (χ4n) is 3.44. The van der Waals surface area contributed by atoms with Crippen molar-refractivity contribution in [3.05, 3.63) is 52.1 Å². The van der Waals surface area contributed by atoms with E-state index in [1.807, 2.05) is 12.1 Å². The molecule has 0 spiro atoms. The van der Waals surface area contributed by atoms with Gasteiger partial charge >= 0.3 is 0 Å². The third-order valence-corrected chi connectivity index (χ3v) is 4.77. The van der Waals surface area contributed by atoms with E-state index in [1.165, 1.54) is 35.6 Å². The molecule has 1 aliphatic carbocycles. The molecule has 1 aromatic carbocycles. The minimum Gasteiger partial charge on any atom is -0.330 e. The van der Waals surface area contributed by atoms with Crippen LogP contribution < -0.4 is 5.73 Å². The van der Waals surface area contributed by atoms with E-state index in [-0.39, 0.29) is 0 Å². The van der Waals surface area contributed by atoms with Crippen molar-refractivity contribution in [2.24, 2.45) is 5.73 Å². The highest BCUT2D eigenvalue weighted by molar-refractivity contribution is 6.30. The lowest BCUT2D eigenvalue weighted by atomic mass is 9.89. The van der Waals surface area contributed by atoms with Crippen LogP contribution in [0.4, 0.5) is 0 Å². The number of benzene rings is 1. The van der Waals surface area contributed by atoms with Crippen LogP contribution in [0.15, 0.2) is 24.3 Å². The normalized spacial score (nSPS) is 17.8. The zero-order chi connectivity index (χ0) is 15.7. The van der Waals surface area contributed by atoms with Gasteiger partial charge in [0.1, 0.15) is 5.82 Å². The molecule has 1 atom stereocenters. The quantitative estimate of drug-likeness (QED) is 0.923. The van der Waals surface area contributed by atoms with E-state index in [0.717, 1.165) is 18.0 Å². The van der Waals surface area contributed by atoms with Crippen molar-refractivity contribution in [1.29, 1.82) is 0 Å². The SMILES string of the molecule is CC(C)c1nc2c(n1Cc1ccc(Cl)cc1)C(CN)CCC2. The molecular formula is C18H24ClN3. The number of hydrogen-bond acceptors (Lipinski definition) is 2. The topological polar surface area (TPSA) is 43.8 Å². The fraction of sp³-hybridized carbons (Fsp3) is 0.500. The molecule has 2 aromatic rings. The summed E-state index contributed by atoms with van der Waals surface area (Å²) in [5.41, 5.74) is 9.92. The van der Waals surface area contributed by atoms with Crippen LogP contribution in [0.2, 0.25) is 5.02 Å². The van der Waals surface area contributed by atoms with Crippen molar-refractivity contribution in [2.75, 3.05) is 6.54 Å². The van der Waals surface area contributed by atoms with E-state index in [4.69, 9.17) is 22.3 Å². The molecule has 118 valence electrons. The summed E-state index contributed by atoms with van der Waals surface area (Å²) in [6.45, 7) is 5.98. The van der Waals surface area contributed by atoms with Crippen LogP contribution in [0.5, 0.6) is 0 Å². The molecule has 1 aromatic heterocycles. The fourth-order valence-corrected chi connectivity index (χ4v) is 3.56. The molecule has 0 radical (unpaired) electrons. The van der Waals surface area contributed by atoms with Crippen LogP contribution in [-0.4, -0.2) is 16.1 Å². The van der Waals surface area contributed by atoms with Crippen molar-refractivity contribution < 1.29 is 0 Å². The summed E-state index contributed by atoms with van der Waals surface area (Å²) in [5, 5.41) is 0.778. The first-order valence-corrected chi connectivity index (χ1v) is 8.51. The number of aromatic nitrogens is 2. The molecule has 0 fully saturated rings. The first-order valence-electron chi connectivity index (χ1n) is 8.13. The summed E-state index contributed by atoms with van der Waals surface area (Å²) in [6.07, 6.45) is 3.46. The molecule has 0 saturated heterocycles. The van der Waals surface area contributed by atoms with Gasteiger partial charge < -0.3 is 10.3 Å². The molecule has 0 saturated carbocycles. The summed E-state index contributed by atoms with van der Waals surface area (Å²) in [6, 6.07) is 8.10. The molecule has 0 amide bonds. The Balaban J connectivity index is 2.04. The third kappa shape index (κ3) is 2.92. The molecule has 4 heteroatoms. The molecule has 1 aliphatic rings. The van der Waals surface area contributed by atoms with Crippen molar-refractivity contribution in [2.45, 2.75) is 51.5 Å². The summed E-state index contributed by atoms with van der Waals surface area (Å²) in [5.74, 6) is 2.03. The van der Waals surface area contributed by atoms with Gasteiger partial charge in [-0.1, -0.05) is 37.6 Å². The van der Waals surface area contributed by atoms with Crippen molar-refractivity contribution in [3.8, 4) is 0 Å². The van der Waals surface area contributed by atoms with Crippen molar-refractivity contribution >= 4 is 11.6 Å². The third-order valence-electron chi connectivity index (χ3n) is 4.52. The smallest absolute Gasteiger partial charge is 0.112 e. The van der Waals surface area contributed by atoms with Gasteiger partial charge in [0.15, 0.2) is 0 Å². The lowest BCUT2D eigenvalue weighted by molar-refractivity contribution is 0.515. The lowest BCUT2D eigenvalue weighted by Crippen LogP contribution is -2.22. The minimum atomic E-state index is 0.413. The van der Waals surface area contributed by atoms with Crippen LogP contribution in [0.25, 0.3) is 0 Å². The Hall–Kier alpha value is -1.32. The second kappa shape index (κ2) is 6.43. The van der Waals surface area contributed by atoms with Gasteiger partial charge in [0.2, 0.25) is 0 Å². The van der Waals surface area contributed by atoms with Crippen LogP contribution in [-0.2, 0) is 13.0 Å². The van der Waals surface area contributed by atoms with Crippen LogP contribution in [0.1, 0.15) is 61.3 Å². The first-order chi connectivity index (χ1) is 10.6. The molecule has 3 nitrogen and oxygen atoms in total. The Labute approximate surface area is 137 Å². The predicted octanol–water partition coefficient (Wildman–Crippen LogP) is 4.09. The minimum absolute atomic E-state index is 0.413. The van der Waals surface area contributed by atoms with Gasteiger partial charge in [-0.3, -0.25) is 0 Å². The predicted molar refractivity (Wildman–Crippen MR) is 91.6 cm³/mol. The molecule has 1 heterocycles.